The molecule has 0 spiro atoms. The molecule has 30 heavy (non-hydrogen) atoms. The second-order valence-corrected chi connectivity index (χ2v) is 7.35. The largest absolute Gasteiger partial charge is 0.497 e. The van der Waals surface area contributed by atoms with E-state index < -0.39 is 0 Å². The fraction of sp³-hybridized carbons (Fsp3) is 0.348. The van der Waals surface area contributed by atoms with Crippen LogP contribution in [0.15, 0.2) is 53.1 Å². The van der Waals surface area contributed by atoms with Crippen molar-refractivity contribution >= 4 is 17.3 Å². The Balaban J connectivity index is 1.29. The lowest BCUT2D eigenvalue weighted by atomic mass is 10.2. The van der Waals surface area contributed by atoms with Gasteiger partial charge >= 0.3 is 0 Å². The summed E-state index contributed by atoms with van der Waals surface area (Å²) in [7, 11) is 1.63. The predicted molar refractivity (Wildman–Crippen MR) is 116 cm³/mol. The Kier molecular flexibility index (Phi) is 6.27. The maximum atomic E-state index is 12.4. The fourth-order valence-electron chi connectivity index (χ4n) is 3.64. The molecule has 1 amide bonds. The molecule has 2 heterocycles. The zero-order valence-electron chi connectivity index (χ0n) is 17.1. The van der Waals surface area contributed by atoms with Gasteiger partial charge in [-0.15, -0.1) is 0 Å². The molecule has 1 aliphatic heterocycles. The Morgan fingerprint density at radius 3 is 2.67 bits per heavy atom. The number of carbonyl (C=O) groups is 1. The first-order chi connectivity index (χ1) is 14.7. The molecule has 2 aromatic carbocycles. The first-order valence-corrected chi connectivity index (χ1v) is 10.3. The number of para-hydroxylation sites is 2. The normalized spacial score (nSPS) is 13.4. The number of anilines is 2. The number of methoxy groups -OCH3 is 1. The number of ether oxygens (including phenoxy) is 1. The minimum absolute atomic E-state index is 0.00320. The molecule has 0 radical (unpaired) electrons. The number of aryl methyl sites for hydroxylation is 1. The molecule has 7 nitrogen and oxygen atoms in total. The van der Waals surface area contributed by atoms with Crippen LogP contribution in [0.3, 0.4) is 0 Å². The first-order valence-electron chi connectivity index (χ1n) is 10.3. The number of benzene rings is 2. The molecule has 1 aromatic heterocycles. The highest BCUT2D eigenvalue weighted by atomic mass is 16.5. The second-order valence-electron chi connectivity index (χ2n) is 7.35. The smallest absolute Gasteiger partial charge is 0.226 e. The Morgan fingerprint density at radius 1 is 1.13 bits per heavy atom. The highest BCUT2D eigenvalue weighted by molar-refractivity contribution is 5.94. The van der Waals surface area contributed by atoms with E-state index in [9.17, 15) is 4.79 Å². The molecule has 0 unspecified atom stereocenters. The molecule has 156 valence electrons. The summed E-state index contributed by atoms with van der Waals surface area (Å²) in [6, 6.07) is 15.5. The lowest BCUT2D eigenvalue weighted by Crippen LogP contribution is -2.21. The lowest BCUT2D eigenvalue weighted by molar-refractivity contribution is -0.116. The SMILES string of the molecule is COc1ccc(-c2noc(CCCC(=O)Nc3ccccc3N3CCCC3)n2)cc1. The minimum atomic E-state index is -0.00320. The number of hydrogen-bond donors (Lipinski definition) is 1. The van der Waals surface area contributed by atoms with E-state index in [0.29, 0.717) is 31.0 Å². The summed E-state index contributed by atoms with van der Waals surface area (Å²) >= 11 is 0. The van der Waals surface area contributed by atoms with Crippen LogP contribution in [0.4, 0.5) is 11.4 Å². The van der Waals surface area contributed by atoms with Gasteiger partial charge in [-0.3, -0.25) is 4.79 Å². The van der Waals surface area contributed by atoms with Crippen LogP contribution in [-0.2, 0) is 11.2 Å². The molecule has 0 saturated carbocycles. The van der Waals surface area contributed by atoms with Crippen molar-refractivity contribution in [3.05, 3.63) is 54.4 Å². The number of amides is 1. The molecule has 1 aliphatic rings. The zero-order valence-corrected chi connectivity index (χ0v) is 17.1. The summed E-state index contributed by atoms with van der Waals surface area (Å²) in [6.07, 6.45) is 4.00. The van der Waals surface area contributed by atoms with E-state index in [1.807, 2.05) is 42.5 Å². The van der Waals surface area contributed by atoms with Crippen molar-refractivity contribution in [2.75, 3.05) is 30.4 Å². The number of hydrogen-bond acceptors (Lipinski definition) is 6. The van der Waals surface area contributed by atoms with Crippen molar-refractivity contribution in [3.63, 3.8) is 0 Å². The van der Waals surface area contributed by atoms with Crippen molar-refractivity contribution in [2.24, 2.45) is 0 Å². The third-order valence-electron chi connectivity index (χ3n) is 5.24. The van der Waals surface area contributed by atoms with Gasteiger partial charge in [-0.05, 0) is 55.7 Å². The van der Waals surface area contributed by atoms with Gasteiger partial charge in [-0.25, -0.2) is 0 Å². The Morgan fingerprint density at radius 2 is 1.90 bits per heavy atom. The average molecular weight is 406 g/mol. The summed E-state index contributed by atoms with van der Waals surface area (Å²) in [6.45, 7) is 2.08. The molecule has 0 aliphatic carbocycles. The van der Waals surface area contributed by atoms with E-state index in [4.69, 9.17) is 9.26 Å². The van der Waals surface area contributed by atoms with Crippen LogP contribution in [0.25, 0.3) is 11.4 Å². The predicted octanol–water partition coefficient (Wildman–Crippen LogP) is 4.31. The van der Waals surface area contributed by atoms with Crippen molar-refractivity contribution in [3.8, 4) is 17.1 Å². The summed E-state index contributed by atoms with van der Waals surface area (Å²) in [5, 5.41) is 7.09. The first kappa shape index (κ1) is 19.9. The van der Waals surface area contributed by atoms with Gasteiger partial charge in [-0.2, -0.15) is 4.98 Å². The van der Waals surface area contributed by atoms with Gasteiger partial charge in [-0.1, -0.05) is 17.3 Å². The number of aromatic nitrogens is 2. The molecule has 1 N–H and O–H groups in total. The second kappa shape index (κ2) is 9.43. The monoisotopic (exact) mass is 406 g/mol. The molecular formula is C23H26N4O3. The summed E-state index contributed by atoms with van der Waals surface area (Å²) in [4.78, 5) is 19.2. The number of rotatable bonds is 8. The van der Waals surface area contributed by atoms with Gasteiger partial charge in [0.15, 0.2) is 0 Å². The van der Waals surface area contributed by atoms with Crippen LogP contribution < -0.4 is 15.0 Å². The van der Waals surface area contributed by atoms with E-state index in [2.05, 4.69) is 26.4 Å². The number of carbonyl (C=O) groups excluding carboxylic acids is 1. The van der Waals surface area contributed by atoms with Crippen LogP contribution in [0.5, 0.6) is 5.75 Å². The quantitative estimate of drug-likeness (QED) is 0.601. The third kappa shape index (κ3) is 4.79. The molecule has 0 atom stereocenters. The molecule has 0 bridgehead atoms. The molecule has 3 aromatic rings. The highest BCUT2D eigenvalue weighted by Gasteiger charge is 2.16. The fourth-order valence-corrected chi connectivity index (χ4v) is 3.64. The van der Waals surface area contributed by atoms with E-state index in [-0.39, 0.29) is 5.91 Å². The van der Waals surface area contributed by atoms with Crippen molar-refractivity contribution in [1.29, 1.82) is 0 Å². The standard InChI is InChI=1S/C23H26N4O3/c1-29-18-13-11-17(12-14-18)23-25-22(30-26-23)10-6-9-21(28)24-19-7-2-3-8-20(19)27-15-4-5-16-27/h2-3,7-8,11-14H,4-6,9-10,15-16H2,1H3,(H,24,28). The number of nitrogens with one attached hydrogen (secondary N) is 1. The minimum Gasteiger partial charge on any atom is -0.497 e. The van der Waals surface area contributed by atoms with Crippen molar-refractivity contribution in [2.45, 2.75) is 32.1 Å². The molecule has 4 rings (SSSR count). The third-order valence-corrected chi connectivity index (χ3v) is 5.24. The van der Waals surface area contributed by atoms with E-state index in [1.54, 1.807) is 7.11 Å². The summed E-state index contributed by atoms with van der Waals surface area (Å²) < 4.78 is 10.5. The maximum Gasteiger partial charge on any atom is 0.226 e. The molecule has 1 saturated heterocycles. The van der Waals surface area contributed by atoms with Gasteiger partial charge in [0.05, 0.1) is 18.5 Å². The zero-order chi connectivity index (χ0) is 20.8. The van der Waals surface area contributed by atoms with Crippen molar-refractivity contribution in [1.82, 2.24) is 10.1 Å². The van der Waals surface area contributed by atoms with Gasteiger partial charge in [0, 0.05) is 31.5 Å². The van der Waals surface area contributed by atoms with Crippen molar-refractivity contribution < 1.29 is 14.1 Å². The molecule has 1 fully saturated rings. The van der Waals surface area contributed by atoms with E-state index in [1.165, 1.54) is 12.8 Å². The summed E-state index contributed by atoms with van der Waals surface area (Å²) in [5.74, 6) is 1.85. The topological polar surface area (TPSA) is 80.5 Å². The summed E-state index contributed by atoms with van der Waals surface area (Å²) in [5.41, 5.74) is 2.84. The Hall–Kier alpha value is -3.35. The molecule has 7 heteroatoms. The van der Waals surface area contributed by atoms with Gasteiger partial charge in [0.1, 0.15) is 5.75 Å². The highest BCUT2D eigenvalue weighted by Crippen LogP contribution is 2.28. The van der Waals surface area contributed by atoms with Gasteiger partial charge in [0.25, 0.3) is 0 Å². The maximum absolute atomic E-state index is 12.4. The van der Waals surface area contributed by atoms with Crippen LogP contribution >= 0.6 is 0 Å². The Bertz CT molecular complexity index is 978. The average Bonchev–Trinajstić information content (AvgIpc) is 3.47. The van der Waals surface area contributed by atoms with Gasteiger partial charge in [0.2, 0.25) is 17.6 Å². The van der Waals surface area contributed by atoms with Crippen LogP contribution in [0.2, 0.25) is 0 Å². The molecular weight excluding hydrogens is 380 g/mol. The number of nitrogens with zero attached hydrogens (tertiary/aromatic N) is 3. The lowest BCUT2D eigenvalue weighted by Gasteiger charge is -2.21. The van der Waals surface area contributed by atoms with Crippen LogP contribution in [0, 0.1) is 0 Å². The van der Waals surface area contributed by atoms with Crippen LogP contribution in [0.1, 0.15) is 31.6 Å². The van der Waals surface area contributed by atoms with E-state index >= 15 is 0 Å². The van der Waals surface area contributed by atoms with E-state index in [0.717, 1.165) is 35.8 Å². The van der Waals surface area contributed by atoms with Gasteiger partial charge < -0.3 is 19.5 Å². The van der Waals surface area contributed by atoms with Crippen LogP contribution in [-0.4, -0.2) is 36.2 Å². The Labute approximate surface area is 176 Å².